The van der Waals surface area contributed by atoms with Crippen LogP contribution in [0.15, 0.2) is 42.9 Å². The lowest BCUT2D eigenvalue weighted by atomic mass is 10.0. The number of rotatable bonds is 6. The number of nitrogens with one attached hydrogen (secondary N) is 1. The molecule has 0 spiro atoms. The van der Waals surface area contributed by atoms with Crippen LogP contribution in [0.3, 0.4) is 0 Å². The van der Waals surface area contributed by atoms with E-state index in [1.807, 2.05) is 35.5 Å². The van der Waals surface area contributed by atoms with Crippen LogP contribution < -0.4 is 5.32 Å². The van der Waals surface area contributed by atoms with E-state index in [-0.39, 0.29) is 11.9 Å². The molecule has 0 bridgehead atoms. The second-order valence-electron chi connectivity index (χ2n) is 7.68. The van der Waals surface area contributed by atoms with Crippen LogP contribution >= 0.6 is 0 Å². The molecule has 148 valence electrons. The predicted molar refractivity (Wildman–Crippen MR) is 110 cm³/mol. The first-order chi connectivity index (χ1) is 13.8. The minimum Gasteiger partial charge on any atom is -0.367 e. The summed E-state index contributed by atoms with van der Waals surface area (Å²) >= 11 is 0. The van der Waals surface area contributed by atoms with Gasteiger partial charge in [-0.05, 0) is 62.5 Å². The Morgan fingerprint density at radius 3 is 2.50 bits per heavy atom. The molecule has 2 aliphatic rings. The summed E-state index contributed by atoms with van der Waals surface area (Å²) in [4.78, 5) is 26.2. The Hall–Kier alpha value is -2.47. The molecule has 2 saturated heterocycles. The number of aromatic nitrogens is 2. The Labute approximate surface area is 167 Å². The number of pyridine rings is 2. The number of amides is 1. The van der Waals surface area contributed by atoms with Crippen LogP contribution in [0.5, 0.6) is 0 Å². The van der Waals surface area contributed by atoms with Gasteiger partial charge < -0.3 is 10.2 Å². The van der Waals surface area contributed by atoms with Crippen LogP contribution in [0.25, 0.3) is 0 Å². The molecule has 1 N–H and O–H groups in total. The molecular formula is C22H29N5O. The first kappa shape index (κ1) is 18.9. The molecule has 2 aromatic rings. The van der Waals surface area contributed by atoms with Crippen LogP contribution in [0.1, 0.15) is 54.1 Å². The lowest BCUT2D eigenvalue weighted by Gasteiger charge is -2.35. The maximum absolute atomic E-state index is 12.9. The summed E-state index contributed by atoms with van der Waals surface area (Å²) in [5.41, 5.74) is 1.88. The van der Waals surface area contributed by atoms with Crippen molar-refractivity contribution in [3.05, 3.63) is 54.0 Å². The number of carbonyl (C=O) groups excluding carboxylic acids is 1. The Morgan fingerprint density at radius 2 is 1.75 bits per heavy atom. The molecule has 0 saturated carbocycles. The zero-order chi connectivity index (χ0) is 19.2. The fraction of sp³-hybridized carbons (Fsp3) is 0.500. The fourth-order valence-electron chi connectivity index (χ4n) is 4.26. The molecule has 2 aliphatic heterocycles. The number of anilines is 1. The van der Waals surface area contributed by atoms with Crippen molar-refractivity contribution in [2.24, 2.45) is 0 Å². The summed E-state index contributed by atoms with van der Waals surface area (Å²) in [6.45, 7) is 4.60. The van der Waals surface area contributed by atoms with E-state index < -0.39 is 0 Å². The summed E-state index contributed by atoms with van der Waals surface area (Å²) in [5, 5.41) is 3.49. The molecule has 0 aromatic carbocycles. The topological polar surface area (TPSA) is 61.4 Å². The summed E-state index contributed by atoms with van der Waals surface area (Å²) in [6.07, 6.45) is 11.5. The standard InChI is InChI=1S/C22H29N5O/c28-22(27-14-4-5-15-27)19-9-7-11-24-21(19)25-17-20(18-8-6-10-23-16-18)26-12-2-1-3-13-26/h6-11,16,20H,1-5,12-15,17H2,(H,24,25). The van der Waals surface area contributed by atoms with Crippen molar-refractivity contribution in [3.8, 4) is 0 Å². The van der Waals surface area contributed by atoms with E-state index in [1.165, 1.54) is 24.8 Å². The van der Waals surface area contributed by atoms with Gasteiger partial charge in [0.25, 0.3) is 5.91 Å². The number of nitrogens with zero attached hydrogens (tertiary/aromatic N) is 4. The highest BCUT2D eigenvalue weighted by atomic mass is 16.2. The number of hydrogen-bond acceptors (Lipinski definition) is 5. The zero-order valence-electron chi connectivity index (χ0n) is 16.4. The van der Waals surface area contributed by atoms with Crippen molar-refractivity contribution in [2.75, 3.05) is 38.0 Å². The van der Waals surface area contributed by atoms with Crippen molar-refractivity contribution in [1.29, 1.82) is 0 Å². The first-order valence-electron chi connectivity index (χ1n) is 10.4. The average molecular weight is 380 g/mol. The predicted octanol–water partition coefficient (Wildman–Crippen LogP) is 3.35. The SMILES string of the molecule is O=C(c1cccnc1NCC(c1cccnc1)N1CCCCC1)N1CCCC1. The van der Waals surface area contributed by atoms with Crippen molar-refractivity contribution in [1.82, 2.24) is 19.8 Å². The van der Waals surface area contributed by atoms with Crippen LogP contribution in [0.4, 0.5) is 5.82 Å². The summed E-state index contributed by atoms with van der Waals surface area (Å²) in [5.74, 6) is 0.773. The third kappa shape index (κ3) is 4.33. The largest absolute Gasteiger partial charge is 0.367 e. The molecule has 2 aromatic heterocycles. The average Bonchev–Trinajstić information content (AvgIpc) is 3.30. The molecule has 1 amide bonds. The molecular weight excluding hydrogens is 350 g/mol. The van der Waals surface area contributed by atoms with Gasteiger partial charge in [0.2, 0.25) is 0 Å². The van der Waals surface area contributed by atoms with Gasteiger partial charge in [0, 0.05) is 38.2 Å². The maximum atomic E-state index is 12.9. The Bertz CT molecular complexity index is 770. The molecule has 2 fully saturated rings. The van der Waals surface area contributed by atoms with E-state index in [2.05, 4.69) is 26.3 Å². The Morgan fingerprint density at radius 1 is 1.00 bits per heavy atom. The van der Waals surface area contributed by atoms with Gasteiger partial charge in [0.15, 0.2) is 0 Å². The number of carbonyl (C=O) groups is 1. The van der Waals surface area contributed by atoms with E-state index >= 15 is 0 Å². The molecule has 6 heteroatoms. The highest BCUT2D eigenvalue weighted by Gasteiger charge is 2.25. The van der Waals surface area contributed by atoms with Crippen molar-refractivity contribution < 1.29 is 4.79 Å². The number of hydrogen-bond donors (Lipinski definition) is 1. The van der Waals surface area contributed by atoms with Gasteiger partial charge in [-0.25, -0.2) is 4.98 Å². The van der Waals surface area contributed by atoms with Crippen LogP contribution in [-0.2, 0) is 0 Å². The Balaban J connectivity index is 1.51. The second-order valence-corrected chi connectivity index (χ2v) is 7.68. The van der Waals surface area contributed by atoms with Gasteiger partial charge in [0.05, 0.1) is 11.6 Å². The number of piperidine rings is 1. The van der Waals surface area contributed by atoms with Gasteiger partial charge in [-0.2, -0.15) is 0 Å². The molecule has 1 unspecified atom stereocenters. The van der Waals surface area contributed by atoms with E-state index in [4.69, 9.17) is 0 Å². The summed E-state index contributed by atoms with van der Waals surface area (Å²) in [7, 11) is 0. The van der Waals surface area contributed by atoms with Crippen LogP contribution in [0, 0.1) is 0 Å². The van der Waals surface area contributed by atoms with Gasteiger partial charge in [0.1, 0.15) is 5.82 Å². The second kappa shape index (κ2) is 9.15. The van der Waals surface area contributed by atoms with E-state index in [9.17, 15) is 4.79 Å². The van der Waals surface area contributed by atoms with E-state index in [0.717, 1.165) is 39.0 Å². The molecule has 4 heterocycles. The lowest BCUT2D eigenvalue weighted by molar-refractivity contribution is 0.0793. The molecule has 1 atom stereocenters. The zero-order valence-corrected chi connectivity index (χ0v) is 16.4. The quantitative estimate of drug-likeness (QED) is 0.834. The third-order valence-electron chi connectivity index (χ3n) is 5.79. The van der Waals surface area contributed by atoms with Crippen molar-refractivity contribution in [3.63, 3.8) is 0 Å². The minimum atomic E-state index is 0.0870. The molecule has 4 rings (SSSR count). The molecule has 6 nitrogen and oxygen atoms in total. The summed E-state index contributed by atoms with van der Waals surface area (Å²) < 4.78 is 0. The minimum absolute atomic E-state index is 0.0870. The first-order valence-corrected chi connectivity index (χ1v) is 10.4. The molecule has 0 radical (unpaired) electrons. The third-order valence-corrected chi connectivity index (χ3v) is 5.79. The van der Waals surface area contributed by atoms with E-state index in [0.29, 0.717) is 17.9 Å². The smallest absolute Gasteiger partial charge is 0.257 e. The fourth-order valence-corrected chi connectivity index (χ4v) is 4.26. The van der Waals surface area contributed by atoms with Crippen molar-refractivity contribution in [2.45, 2.75) is 38.1 Å². The van der Waals surface area contributed by atoms with Crippen LogP contribution in [0.2, 0.25) is 0 Å². The normalized spacial score (nSPS) is 18.8. The van der Waals surface area contributed by atoms with Gasteiger partial charge >= 0.3 is 0 Å². The number of likely N-dealkylation sites (tertiary alicyclic amines) is 2. The highest BCUT2D eigenvalue weighted by Crippen LogP contribution is 2.25. The molecule has 28 heavy (non-hydrogen) atoms. The van der Waals surface area contributed by atoms with Gasteiger partial charge in [-0.15, -0.1) is 0 Å². The van der Waals surface area contributed by atoms with Gasteiger partial charge in [-0.3, -0.25) is 14.7 Å². The Kier molecular flexibility index (Phi) is 6.17. The van der Waals surface area contributed by atoms with Crippen molar-refractivity contribution >= 4 is 11.7 Å². The van der Waals surface area contributed by atoms with E-state index in [1.54, 1.807) is 6.20 Å². The monoisotopic (exact) mass is 379 g/mol. The van der Waals surface area contributed by atoms with Gasteiger partial charge in [-0.1, -0.05) is 12.5 Å². The van der Waals surface area contributed by atoms with Crippen LogP contribution in [-0.4, -0.2) is 58.4 Å². The maximum Gasteiger partial charge on any atom is 0.257 e. The summed E-state index contributed by atoms with van der Waals surface area (Å²) in [6, 6.07) is 8.09. The molecule has 0 aliphatic carbocycles. The lowest BCUT2D eigenvalue weighted by Crippen LogP contribution is -2.37. The highest BCUT2D eigenvalue weighted by molar-refractivity contribution is 5.98.